The van der Waals surface area contributed by atoms with Crippen molar-refractivity contribution in [1.29, 1.82) is 0 Å². The van der Waals surface area contributed by atoms with Crippen LogP contribution in [-0.2, 0) is 11.2 Å². The molecule has 1 aliphatic heterocycles. The third-order valence-electron chi connectivity index (χ3n) is 3.79. The van der Waals surface area contributed by atoms with E-state index in [0.717, 1.165) is 25.1 Å². The van der Waals surface area contributed by atoms with Crippen LogP contribution in [0.5, 0.6) is 0 Å². The van der Waals surface area contributed by atoms with Crippen LogP contribution in [0.25, 0.3) is 0 Å². The summed E-state index contributed by atoms with van der Waals surface area (Å²) in [6.07, 6.45) is 1.62. The molecule has 0 spiro atoms. The number of aryl methyl sites for hydroxylation is 1. The van der Waals surface area contributed by atoms with E-state index in [0.29, 0.717) is 12.3 Å². The minimum atomic E-state index is 0. The largest absolute Gasteiger partial charge is 0.352 e. The van der Waals surface area contributed by atoms with Crippen molar-refractivity contribution in [2.24, 2.45) is 5.92 Å². The summed E-state index contributed by atoms with van der Waals surface area (Å²) in [5.41, 5.74) is 2.30. The molecule has 3 nitrogen and oxygen atoms in total. The lowest BCUT2D eigenvalue weighted by molar-refractivity contribution is -0.121. The highest BCUT2D eigenvalue weighted by atomic mass is 35.5. The predicted molar refractivity (Wildman–Crippen MR) is 80.7 cm³/mol. The van der Waals surface area contributed by atoms with Crippen molar-refractivity contribution in [3.63, 3.8) is 0 Å². The van der Waals surface area contributed by atoms with Crippen LogP contribution in [0.15, 0.2) is 24.3 Å². The number of benzene rings is 1. The van der Waals surface area contributed by atoms with Crippen LogP contribution in [0, 0.1) is 12.8 Å². The van der Waals surface area contributed by atoms with Gasteiger partial charge >= 0.3 is 0 Å². The Balaban J connectivity index is 0.00000180. The van der Waals surface area contributed by atoms with E-state index in [4.69, 9.17) is 0 Å². The zero-order valence-electron chi connectivity index (χ0n) is 11.6. The molecule has 2 unspecified atom stereocenters. The normalized spacial score (nSPS) is 22.4. The van der Waals surface area contributed by atoms with E-state index in [-0.39, 0.29) is 24.4 Å². The van der Waals surface area contributed by atoms with Gasteiger partial charge in [-0.25, -0.2) is 0 Å². The fraction of sp³-hybridized carbons (Fsp3) is 0.533. The number of nitrogens with one attached hydrogen (secondary N) is 2. The highest BCUT2D eigenvalue weighted by Gasteiger charge is 2.22. The lowest BCUT2D eigenvalue weighted by Gasteiger charge is -2.30. The van der Waals surface area contributed by atoms with Crippen LogP contribution < -0.4 is 10.6 Å². The monoisotopic (exact) mass is 282 g/mol. The number of piperidine rings is 1. The van der Waals surface area contributed by atoms with Gasteiger partial charge in [0.05, 0.1) is 6.42 Å². The van der Waals surface area contributed by atoms with Gasteiger partial charge in [-0.2, -0.15) is 0 Å². The van der Waals surface area contributed by atoms with Crippen molar-refractivity contribution in [3.8, 4) is 0 Å². The van der Waals surface area contributed by atoms with Crippen molar-refractivity contribution >= 4 is 18.3 Å². The van der Waals surface area contributed by atoms with E-state index in [1.54, 1.807) is 0 Å². The van der Waals surface area contributed by atoms with Crippen molar-refractivity contribution in [2.75, 3.05) is 13.1 Å². The number of rotatable bonds is 3. The van der Waals surface area contributed by atoms with Crippen molar-refractivity contribution < 1.29 is 4.79 Å². The molecule has 0 saturated carbocycles. The van der Waals surface area contributed by atoms with Gasteiger partial charge in [0.15, 0.2) is 0 Å². The molecule has 2 rings (SSSR count). The van der Waals surface area contributed by atoms with Crippen molar-refractivity contribution in [1.82, 2.24) is 10.6 Å². The number of carbonyl (C=O) groups is 1. The number of amides is 1. The van der Waals surface area contributed by atoms with E-state index in [1.807, 2.05) is 31.2 Å². The summed E-state index contributed by atoms with van der Waals surface area (Å²) < 4.78 is 0. The first-order chi connectivity index (χ1) is 8.66. The number of carbonyl (C=O) groups excluding carboxylic acids is 1. The Labute approximate surface area is 121 Å². The Morgan fingerprint density at radius 3 is 2.84 bits per heavy atom. The molecule has 2 N–H and O–H groups in total. The molecule has 1 saturated heterocycles. The molecule has 4 heteroatoms. The summed E-state index contributed by atoms with van der Waals surface area (Å²) in [5, 5.41) is 6.47. The van der Waals surface area contributed by atoms with Gasteiger partial charge in [0.1, 0.15) is 0 Å². The van der Waals surface area contributed by atoms with E-state index in [2.05, 4.69) is 17.6 Å². The molecule has 0 bridgehead atoms. The van der Waals surface area contributed by atoms with Gasteiger partial charge in [-0.3, -0.25) is 4.79 Å². The minimum Gasteiger partial charge on any atom is -0.352 e. The van der Waals surface area contributed by atoms with Gasteiger partial charge in [0, 0.05) is 12.6 Å². The average molecular weight is 283 g/mol. The molecule has 1 fully saturated rings. The Morgan fingerprint density at radius 1 is 1.42 bits per heavy atom. The Kier molecular flexibility index (Phi) is 6.32. The summed E-state index contributed by atoms with van der Waals surface area (Å²) >= 11 is 0. The zero-order chi connectivity index (χ0) is 13.0. The Morgan fingerprint density at radius 2 is 2.16 bits per heavy atom. The van der Waals surface area contributed by atoms with Crippen molar-refractivity contribution in [2.45, 2.75) is 32.7 Å². The van der Waals surface area contributed by atoms with Crippen molar-refractivity contribution in [3.05, 3.63) is 35.4 Å². The second kappa shape index (κ2) is 7.51. The van der Waals surface area contributed by atoms with E-state index in [9.17, 15) is 4.79 Å². The van der Waals surface area contributed by atoms with Gasteiger partial charge in [-0.05, 0) is 36.9 Å². The molecule has 19 heavy (non-hydrogen) atoms. The fourth-order valence-corrected chi connectivity index (χ4v) is 2.42. The molecule has 106 valence electrons. The first-order valence-electron chi connectivity index (χ1n) is 6.71. The molecule has 1 heterocycles. The molecule has 1 aliphatic rings. The summed E-state index contributed by atoms with van der Waals surface area (Å²) in [5.74, 6) is 0.692. The smallest absolute Gasteiger partial charge is 0.224 e. The molecule has 1 amide bonds. The SMILES string of the molecule is Cc1ccccc1CC(=O)NC1CNCCC1C.Cl. The lowest BCUT2D eigenvalue weighted by Crippen LogP contribution is -2.50. The number of halogens is 1. The van der Waals surface area contributed by atoms with Crippen LogP contribution >= 0.6 is 12.4 Å². The van der Waals surface area contributed by atoms with Crippen LogP contribution in [0.2, 0.25) is 0 Å². The van der Waals surface area contributed by atoms with Gasteiger partial charge in [0.2, 0.25) is 5.91 Å². The minimum absolute atomic E-state index is 0. The second-order valence-corrected chi connectivity index (χ2v) is 5.25. The van der Waals surface area contributed by atoms with Gasteiger partial charge < -0.3 is 10.6 Å². The molecular formula is C15H23ClN2O. The summed E-state index contributed by atoms with van der Waals surface area (Å²) in [4.78, 5) is 12.0. The van der Waals surface area contributed by atoms with Crippen LogP contribution in [0.3, 0.4) is 0 Å². The fourth-order valence-electron chi connectivity index (χ4n) is 2.42. The van der Waals surface area contributed by atoms with Crippen LogP contribution in [0.1, 0.15) is 24.5 Å². The van der Waals surface area contributed by atoms with E-state index >= 15 is 0 Å². The van der Waals surface area contributed by atoms with Gasteiger partial charge in [-0.15, -0.1) is 12.4 Å². The second-order valence-electron chi connectivity index (χ2n) is 5.25. The zero-order valence-corrected chi connectivity index (χ0v) is 12.4. The predicted octanol–water partition coefficient (Wildman–Crippen LogP) is 2.07. The number of hydrogen-bond donors (Lipinski definition) is 2. The maximum atomic E-state index is 12.0. The highest BCUT2D eigenvalue weighted by Crippen LogP contribution is 2.12. The van der Waals surface area contributed by atoms with Crippen LogP contribution in [-0.4, -0.2) is 25.0 Å². The first kappa shape index (κ1) is 16.0. The van der Waals surface area contributed by atoms with Crippen LogP contribution in [0.4, 0.5) is 0 Å². The summed E-state index contributed by atoms with van der Waals surface area (Å²) in [6, 6.07) is 8.34. The third-order valence-corrected chi connectivity index (χ3v) is 3.79. The van der Waals surface area contributed by atoms with E-state index < -0.39 is 0 Å². The standard InChI is InChI=1S/C15H22N2O.ClH/c1-11-5-3-4-6-13(11)9-15(18)17-14-10-16-8-7-12(14)2;/h3-6,12,14,16H,7-10H2,1-2H3,(H,17,18);1H. The highest BCUT2D eigenvalue weighted by molar-refractivity contribution is 5.85. The molecule has 0 radical (unpaired) electrons. The maximum Gasteiger partial charge on any atom is 0.224 e. The first-order valence-corrected chi connectivity index (χ1v) is 6.71. The molecule has 0 aliphatic carbocycles. The lowest BCUT2D eigenvalue weighted by atomic mass is 9.94. The quantitative estimate of drug-likeness (QED) is 0.891. The molecule has 1 aromatic rings. The molecular weight excluding hydrogens is 260 g/mol. The van der Waals surface area contributed by atoms with Gasteiger partial charge in [-0.1, -0.05) is 31.2 Å². The molecule has 1 aromatic carbocycles. The topological polar surface area (TPSA) is 41.1 Å². The Hall–Kier alpha value is -1.06. The third kappa shape index (κ3) is 4.51. The number of hydrogen-bond acceptors (Lipinski definition) is 2. The summed E-state index contributed by atoms with van der Waals surface area (Å²) in [6.45, 7) is 6.21. The Bertz CT molecular complexity index is 422. The van der Waals surface area contributed by atoms with Gasteiger partial charge in [0.25, 0.3) is 0 Å². The molecule has 0 aromatic heterocycles. The van der Waals surface area contributed by atoms with E-state index in [1.165, 1.54) is 5.56 Å². The molecule has 2 atom stereocenters. The average Bonchev–Trinajstić information content (AvgIpc) is 2.35. The maximum absolute atomic E-state index is 12.0. The summed E-state index contributed by atoms with van der Waals surface area (Å²) in [7, 11) is 0.